The Morgan fingerprint density at radius 3 is 2.61 bits per heavy atom. The van der Waals surface area contributed by atoms with Crippen molar-refractivity contribution in [1.29, 1.82) is 0 Å². The Labute approximate surface area is 166 Å². The normalized spacial score (nSPS) is 15.7. The molecule has 1 amide bonds. The van der Waals surface area contributed by atoms with Crippen molar-refractivity contribution in [3.05, 3.63) is 46.5 Å². The van der Waals surface area contributed by atoms with Gasteiger partial charge in [0.15, 0.2) is 5.78 Å². The average molecular weight is 392 g/mol. The van der Waals surface area contributed by atoms with Gasteiger partial charge in [0.25, 0.3) is 5.91 Å². The third-order valence-electron chi connectivity index (χ3n) is 5.71. The second-order valence-electron chi connectivity index (χ2n) is 7.44. The first-order valence-corrected chi connectivity index (χ1v) is 10.2. The van der Waals surface area contributed by atoms with E-state index in [0.717, 1.165) is 41.8 Å². The third-order valence-corrected chi connectivity index (χ3v) is 6.82. The summed E-state index contributed by atoms with van der Waals surface area (Å²) in [7, 11) is 0. The molecule has 2 bridgehead atoms. The standard InChI is InChI=1S/C21H20N4O2S/c1-11(26)12-2-4-14(5-3-12)23-20(27)19-17(22)15-10-16-18(24-21(15)28-19)13-6-8-25(16)9-7-13/h2-5,10,13H,6-9,22H2,1H3,(H,23,27). The van der Waals surface area contributed by atoms with Crippen molar-refractivity contribution in [3.8, 4) is 0 Å². The molecule has 0 saturated carbocycles. The van der Waals surface area contributed by atoms with Crippen molar-refractivity contribution >= 4 is 50.3 Å². The summed E-state index contributed by atoms with van der Waals surface area (Å²) in [4.78, 5) is 32.7. The van der Waals surface area contributed by atoms with Crippen LogP contribution in [0.15, 0.2) is 30.3 Å². The molecular formula is C21H20N4O2S. The summed E-state index contributed by atoms with van der Waals surface area (Å²) < 4.78 is 0. The Morgan fingerprint density at radius 1 is 1.21 bits per heavy atom. The fourth-order valence-corrected chi connectivity index (χ4v) is 5.12. The summed E-state index contributed by atoms with van der Waals surface area (Å²) in [5.41, 5.74) is 10.4. The van der Waals surface area contributed by atoms with Crippen LogP contribution >= 0.6 is 11.3 Å². The minimum absolute atomic E-state index is 0.00799. The fraction of sp³-hybridized carbons (Fsp3) is 0.286. The minimum Gasteiger partial charge on any atom is -0.397 e. The summed E-state index contributed by atoms with van der Waals surface area (Å²) in [6, 6.07) is 8.95. The van der Waals surface area contributed by atoms with Crippen LogP contribution in [0, 0.1) is 0 Å². The Balaban J connectivity index is 1.48. The lowest BCUT2D eigenvalue weighted by Crippen LogP contribution is -2.39. The Kier molecular flexibility index (Phi) is 3.87. The van der Waals surface area contributed by atoms with Gasteiger partial charge in [-0.15, -0.1) is 11.3 Å². The van der Waals surface area contributed by atoms with E-state index < -0.39 is 0 Å². The predicted octanol–water partition coefficient (Wildman–Crippen LogP) is 4.03. The van der Waals surface area contributed by atoms with Crippen LogP contribution in [-0.2, 0) is 0 Å². The lowest BCUT2D eigenvalue weighted by molar-refractivity contribution is 0.101. The van der Waals surface area contributed by atoms with E-state index in [1.165, 1.54) is 23.9 Å². The highest BCUT2D eigenvalue weighted by Crippen LogP contribution is 2.45. The van der Waals surface area contributed by atoms with Crippen LogP contribution in [0.1, 0.15) is 51.4 Å². The Morgan fingerprint density at radius 2 is 1.93 bits per heavy atom. The lowest BCUT2D eigenvalue weighted by Gasteiger charge is -2.41. The van der Waals surface area contributed by atoms with Gasteiger partial charge in [-0.3, -0.25) is 9.59 Å². The smallest absolute Gasteiger partial charge is 0.267 e. The maximum atomic E-state index is 12.8. The van der Waals surface area contributed by atoms with E-state index in [9.17, 15) is 9.59 Å². The van der Waals surface area contributed by atoms with Crippen molar-refractivity contribution in [3.63, 3.8) is 0 Å². The molecule has 3 aliphatic heterocycles. The zero-order valence-electron chi connectivity index (χ0n) is 15.5. The third kappa shape index (κ3) is 2.65. The van der Waals surface area contributed by atoms with Crippen LogP contribution in [-0.4, -0.2) is 29.8 Å². The predicted molar refractivity (Wildman–Crippen MR) is 113 cm³/mol. The number of piperidine rings is 1. The van der Waals surface area contributed by atoms with Crippen molar-refractivity contribution < 1.29 is 9.59 Å². The second kappa shape index (κ2) is 6.31. The number of nitrogen functional groups attached to an aromatic ring is 1. The molecule has 6 rings (SSSR count). The van der Waals surface area contributed by atoms with Crippen LogP contribution in [0.25, 0.3) is 10.2 Å². The number of nitrogens with two attached hydrogens (primary N) is 1. The molecule has 0 spiro atoms. The van der Waals surface area contributed by atoms with Crippen LogP contribution in [0.2, 0.25) is 0 Å². The molecule has 1 saturated heterocycles. The monoisotopic (exact) mass is 392 g/mol. The zero-order chi connectivity index (χ0) is 19.4. The first-order chi connectivity index (χ1) is 13.5. The number of carbonyl (C=O) groups is 2. The number of nitrogens with zero attached hydrogens (tertiary/aromatic N) is 2. The molecule has 142 valence electrons. The number of benzene rings is 1. The molecule has 7 heteroatoms. The highest BCUT2D eigenvalue weighted by Gasteiger charge is 2.33. The molecule has 1 aromatic carbocycles. The fourth-order valence-electron chi connectivity index (χ4n) is 4.14. The number of rotatable bonds is 3. The van der Waals surface area contributed by atoms with Gasteiger partial charge in [0.2, 0.25) is 0 Å². The lowest BCUT2D eigenvalue weighted by atomic mass is 9.86. The number of fused-ring (bicyclic) bond motifs is 3. The molecule has 1 fully saturated rings. The first-order valence-electron chi connectivity index (χ1n) is 9.41. The number of anilines is 3. The highest BCUT2D eigenvalue weighted by molar-refractivity contribution is 7.21. The van der Waals surface area contributed by atoms with Crippen LogP contribution < -0.4 is 16.0 Å². The average Bonchev–Trinajstić information content (AvgIpc) is 3.04. The van der Waals surface area contributed by atoms with Gasteiger partial charge in [0.1, 0.15) is 9.71 Å². The number of Topliss-reactive ketones (excluding diaryl/α,β-unsaturated/α-hetero) is 1. The summed E-state index contributed by atoms with van der Waals surface area (Å²) >= 11 is 1.34. The topological polar surface area (TPSA) is 88.3 Å². The van der Waals surface area contributed by atoms with Gasteiger partial charge in [0.05, 0.1) is 17.1 Å². The molecule has 2 aromatic heterocycles. The van der Waals surface area contributed by atoms with Crippen LogP contribution in [0.3, 0.4) is 0 Å². The SMILES string of the molecule is CC(=O)c1ccc(NC(=O)c2sc3nc4c(cc3c2N)N2CCC4CC2)cc1. The molecule has 0 unspecified atom stereocenters. The maximum absolute atomic E-state index is 12.8. The number of pyridine rings is 1. The number of hydrogen-bond donors (Lipinski definition) is 2. The summed E-state index contributed by atoms with van der Waals surface area (Å²) in [5, 5.41) is 3.72. The summed E-state index contributed by atoms with van der Waals surface area (Å²) in [6.45, 7) is 3.65. The molecule has 28 heavy (non-hydrogen) atoms. The Bertz CT molecular complexity index is 1110. The maximum Gasteiger partial charge on any atom is 0.267 e. The van der Waals surface area contributed by atoms with Gasteiger partial charge in [-0.1, -0.05) is 0 Å². The molecule has 0 atom stereocenters. The van der Waals surface area contributed by atoms with Crippen molar-refractivity contribution in [1.82, 2.24) is 4.98 Å². The molecular weight excluding hydrogens is 372 g/mol. The molecule has 0 radical (unpaired) electrons. The van der Waals surface area contributed by atoms with E-state index in [1.54, 1.807) is 24.3 Å². The first kappa shape index (κ1) is 17.2. The zero-order valence-corrected chi connectivity index (χ0v) is 16.3. The molecule has 3 N–H and O–H groups in total. The van der Waals surface area contributed by atoms with Crippen molar-refractivity contribution in [2.45, 2.75) is 25.7 Å². The number of amides is 1. The van der Waals surface area contributed by atoms with Gasteiger partial charge >= 0.3 is 0 Å². The number of aromatic nitrogens is 1. The molecule has 0 aliphatic carbocycles. The second-order valence-corrected chi connectivity index (χ2v) is 8.44. The molecule has 6 nitrogen and oxygen atoms in total. The van der Waals surface area contributed by atoms with E-state index in [-0.39, 0.29) is 11.7 Å². The quantitative estimate of drug-likeness (QED) is 0.657. The molecule has 3 aliphatic rings. The van der Waals surface area contributed by atoms with E-state index in [0.29, 0.717) is 27.7 Å². The van der Waals surface area contributed by atoms with Gasteiger partial charge in [0, 0.05) is 35.6 Å². The Hall–Kier alpha value is -2.93. The minimum atomic E-state index is -0.252. The summed E-state index contributed by atoms with van der Waals surface area (Å²) in [6.07, 6.45) is 2.30. The van der Waals surface area contributed by atoms with E-state index in [2.05, 4.69) is 16.3 Å². The van der Waals surface area contributed by atoms with Crippen LogP contribution in [0.5, 0.6) is 0 Å². The van der Waals surface area contributed by atoms with Crippen molar-refractivity contribution in [2.24, 2.45) is 0 Å². The van der Waals surface area contributed by atoms with Crippen LogP contribution in [0.4, 0.5) is 17.1 Å². The molecule has 5 heterocycles. The number of carbonyl (C=O) groups excluding carboxylic acids is 2. The van der Waals surface area contributed by atoms with E-state index in [4.69, 9.17) is 10.7 Å². The number of ketones is 1. The van der Waals surface area contributed by atoms with Gasteiger partial charge in [-0.05, 0) is 50.1 Å². The number of nitrogens with one attached hydrogen (secondary N) is 1. The summed E-state index contributed by atoms with van der Waals surface area (Å²) in [5.74, 6) is 0.258. The highest BCUT2D eigenvalue weighted by atomic mass is 32.1. The largest absolute Gasteiger partial charge is 0.397 e. The number of hydrogen-bond acceptors (Lipinski definition) is 6. The van der Waals surface area contributed by atoms with E-state index >= 15 is 0 Å². The van der Waals surface area contributed by atoms with Crippen molar-refractivity contribution in [2.75, 3.05) is 29.0 Å². The van der Waals surface area contributed by atoms with E-state index in [1.807, 2.05) is 0 Å². The van der Waals surface area contributed by atoms with Gasteiger partial charge in [-0.2, -0.15) is 0 Å². The van der Waals surface area contributed by atoms with Gasteiger partial charge in [-0.25, -0.2) is 4.98 Å². The number of thiophene rings is 1. The molecule has 3 aromatic rings. The van der Waals surface area contributed by atoms with Gasteiger partial charge < -0.3 is 16.0 Å².